The molecule has 2 rings (SSSR count). The van der Waals surface area contributed by atoms with E-state index in [1.165, 1.54) is 5.32 Å². The van der Waals surface area contributed by atoms with Crippen molar-refractivity contribution in [1.82, 2.24) is 0 Å². The maximum Gasteiger partial charge on any atom is 0.471 e. The van der Waals surface area contributed by atoms with Crippen molar-refractivity contribution in [2.75, 3.05) is 10.0 Å². The lowest BCUT2D eigenvalue weighted by Gasteiger charge is -2.15. The molecule has 0 atom stereocenters. The van der Waals surface area contributed by atoms with Crippen LogP contribution in [0.5, 0.6) is 0 Å². The molecule has 0 aliphatic heterocycles. The van der Waals surface area contributed by atoms with Crippen LogP contribution >= 0.6 is 0 Å². The van der Waals surface area contributed by atoms with Crippen LogP contribution < -0.4 is 10.0 Å². The number of sulfonamides is 1. The number of anilines is 2. The third-order valence-electron chi connectivity index (χ3n) is 3.52. The fraction of sp³-hybridized carbons (Fsp3) is 0.188. The van der Waals surface area contributed by atoms with E-state index in [4.69, 9.17) is 0 Å². The van der Waals surface area contributed by atoms with Crippen LogP contribution in [0.15, 0.2) is 47.4 Å². The average Bonchev–Trinajstić information content (AvgIpc) is 2.59. The van der Waals surface area contributed by atoms with Gasteiger partial charge in [0.15, 0.2) is 0 Å². The van der Waals surface area contributed by atoms with Gasteiger partial charge in [0, 0.05) is 5.69 Å². The number of carbonyl (C=O) groups is 1. The summed E-state index contributed by atoms with van der Waals surface area (Å²) in [5, 5.41) is 1.43. The molecule has 0 aliphatic rings. The SMILES string of the molecule is O=C(Nc1ccc(S(=O)(=O)Nc2cc(C(F)(F)F)cc(C(F)(F)F)c2)cc1)C(F)(F)F. The Balaban J connectivity index is 2.35. The molecular formula is C16H9F9N2O3S. The lowest BCUT2D eigenvalue weighted by Crippen LogP contribution is -2.29. The number of hydrogen-bond donors (Lipinski definition) is 2. The van der Waals surface area contributed by atoms with Crippen molar-refractivity contribution in [2.24, 2.45) is 0 Å². The Morgan fingerprint density at radius 3 is 1.55 bits per heavy atom. The van der Waals surface area contributed by atoms with E-state index >= 15 is 0 Å². The van der Waals surface area contributed by atoms with Gasteiger partial charge in [-0.15, -0.1) is 0 Å². The first-order valence-corrected chi connectivity index (χ1v) is 9.18. The first-order chi connectivity index (χ1) is 13.9. The molecule has 0 heterocycles. The lowest BCUT2D eigenvalue weighted by molar-refractivity contribution is -0.167. The molecule has 0 spiro atoms. The van der Waals surface area contributed by atoms with Gasteiger partial charge >= 0.3 is 24.4 Å². The smallest absolute Gasteiger partial charge is 0.318 e. The zero-order chi connectivity index (χ0) is 23.8. The molecule has 0 saturated carbocycles. The maximum atomic E-state index is 12.9. The van der Waals surface area contributed by atoms with E-state index in [1.54, 1.807) is 4.72 Å². The van der Waals surface area contributed by atoms with E-state index < -0.39 is 61.9 Å². The predicted molar refractivity (Wildman–Crippen MR) is 88.4 cm³/mol. The molecule has 5 nitrogen and oxygen atoms in total. The van der Waals surface area contributed by atoms with E-state index in [9.17, 15) is 52.7 Å². The molecule has 1 amide bonds. The molecule has 170 valence electrons. The van der Waals surface area contributed by atoms with Crippen molar-refractivity contribution in [2.45, 2.75) is 23.4 Å². The molecule has 0 radical (unpaired) electrons. The summed E-state index contributed by atoms with van der Waals surface area (Å²) in [4.78, 5) is 10.1. The number of alkyl halides is 9. The van der Waals surface area contributed by atoms with E-state index in [0.29, 0.717) is 12.1 Å². The highest BCUT2D eigenvalue weighted by atomic mass is 32.2. The van der Waals surface area contributed by atoms with Crippen LogP contribution in [0.4, 0.5) is 50.9 Å². The highest BCUT2D eigenvalue weighted by Crippen LogP contribution is 2.38. The van der Waals surface area contributed by atoms with Gasteiger partial charge in [-0.25, -0.2) is 8.42 Å². The Morgan fingerprint density at radius 2 is 1.16 bits per heavy atom. The number of halogens is 9. The largest absolute Gasteiger partial charge is 0.471 e. The van der Waals surface area contributed by atoms with Crippen LogP contribution in [0.2, 0.25) is 0 Å². The van der Waals surface area contributed by atoms with Gasteiger partial charge < -0.3 is 5.32 Å². The minimum atomic E-state index is -5.22. The first kappa shape index (κ1) is 24.3. The quantitative estimate of drug-likeness (QED) is 0.604. The number of nitrogens with one attached hydrogen (secondary N) is 2. The monoisotopic (exact) mass is 480 g/mol. The van der Waals surface area contributed by atoms with Gasteiger partial charge in [0.1, 0.15) is 0 Å². The topological polar surface area (TPSA) is 75.3 Å². The zero-order valence-electron chi connectivity index (χ0n) is 14.6. The third-order valence-corrected chi connectivity index (χ3v) is 4.92. The summed E-state index contributed by atoms with van der Waals surface area (Å²) in [5.41, 5.74) is -5.02. The van der Waals surface area contributed by atoms with Crippen molar-refractivity contribution < 1.29 is 52.7 Å². The molecule has 0 fully saturated rings. The molecular weight excluding hydrogens is 471 g/mol. The normalized spacial score (nSPS) is 13.1. The van der Waals surface area contributed by atoms with E-state index in [0.717, 1.165) is 12.1 Å². The van der Waals surface area contributed by atoms with E-state index in [2.05, 4.69) is 0 Å². The molecule has 0 unspecified atom stereocenters. The van der Waals surface area contributed by atoms with Gasteiger partial charge in [0.2, 0.25) is 0 Å². The summed E-state index contributed by atoms with van der Waals surface area (Å²) >= 11 is 0. The third kappa shape index (κ3) is 6.26. The maximum absolute atomic E-state index is 12.9. The van der Waals surface area contributed by atoms with E-state index in [1.807, 2.05) is 0 Å². The first-order valence-electron chi connectivity index (χ1n) is 7.70. The van der Waals surface area contributed by atoms with Crippen LogP contribution in [0.25, 0.3) is 0 Å². The standard InChI is InChI=1S/C16H9F9N2O3S/c17-14(18,19)8-5-9(15(20,21)22)7-11(6-8)27-31(29,30)12-3-1-10(2-4-12)26-13(28)16(23,24)25/h1-7,27H,(H,26,28). The van der Waals surface area contributed by atoms with Gasteiger partial charge in [-0.2, -0.15) is 39.5 Å². The second-order valence-electron chi connectivity index (χ2n) is 5.88. The summed E-state index contributed by atoms with van der Waals surface area (Å²) in [6, 6.07) is 2.95. The second-order valence-corrected chi connectivity index (χ2v) is 7.56. The van der Waals surface area contributed by atoms with Crippen molar-refractivity contribution in [1.29, 1.82) is 0 Å². The van der Waals surface area contributed by atoms with Crippen LogP contribution in [0, 0.1) is 0 Å². The fourth-order valence-electron chi connectivity index (χ4n) is 2.15. The minimum Gasteiger partial charge on any atom is -0.318 e. The van der Waals surface area contributed by atoms with Crippen LogP contribution in [-0.4, -0.2) is 20.5 Å². The van der Waals surface area contributed by atoms with Gasteiger partial charge in [0.05, 0.1) is 21.7 Å². The Morgan fingerprint density at radius 1 is 0.710 bits per heavy atom. The van der Waals surface area contributed by atoms with Gasteiger partial charge in [-0.1, -0.05) is 0 Å². The Kier molecular flexibility index (Phi) is 6.22. The Hall–Kier alpha value is -2.97. The average molecular weight is 480 g/mol. The Bertz CT molecular complexity index is 1040. The van der Waals surface area contributed by atoms with Crippen LogP contribution in [0.3, 0.4) is 0 Å². The minimum absolute atomic E-state index is 0.144. The molecule has 2 N–H and O–H groups in total. The summed E-state index contributed by atoms with van der Waals surface area (Å²) in [7, 11) is -4.73. The van der Waals surface area contributed by atoms with Crippen molar-refractivity contribution in [3.8, 4) is 0 Å². The zero-order valence-corrected chi connectivity index (χ0v) is 15.4. The van der Waals surface area contributed by atoms with E-state index in [-0.39, 0.29) is 18.2 Å². The molecule has 0 aromatic heterocycles. The fourth-order valence-corrected chi connectivity index (χ4v) is 3.19. The van der Waals surface area contributed by atoms with Gasteiger partial charge in [-0.3, -0.25) is 9.52 Å². The summed E-state index contributed by atoms with van der Waals surface area (Å²) in [6.45, 7) is 0. The second kappa shape index (κ2) is 7.94. The highest BCUT2D eigenvalue weighted by Gasteiger charge is 2.39. The molecule has 0 bridgehead atoms. The number of carbonyl (C=O) groups excluding carboxylic acids is 1. The molecule has 31 heavy (non-hydrogen) atoms. The molecule has 15 heteroatoms. The highest BCUT2D eigenvalue weighted by molar-refractivity contribution is 7.92. The Labute approximate surface area is 167 Å². The predicted octanol–water partition coefficient (Wildman–Crippen LogP) is 5.03. The molecule has 2 aromatic rings. The molecule has 0 aliphatic carbocycles. The molecule has 2 aromatic carbocycles. The number of benzene rings is 2. The van der Waals surface area contributed by atoms with Gasteiger partial charge in [0.25, 0.3) is 10.0 Å². The summed E-state index contributed by atoms with van der Waals surface area (Å²) in [5.74, 6) is -2.34. The van der Waals surface area contributed by atoms with Crippen molar-refractivity contribution in [3.63, 3.8) is 0 Å². The van der Waals surface area contributed by atoms with Crippen molar-refractivity contribution in [3.05, 3.63) is 53.6 Å². The summed E-state index contributed by atoms with van der Waals surface area (Å²) in [6.07, 6.45) is -15.6. The van der Waals surface area contributed by atoms with Crippen molar-refractivity contribution >= 4 is 27.3 Å². The van der Waals surface area contributed by atoms with Crippen LogP contribution in [-0.2, 0) is 27.2 Å². The number of hydrogen-bond acceptors (Lipinski definition) is 3. The number of amides is 1. The van der Waals surface area contributed by atoms with Gasteiger partial charge in [-0.05, 0) is 42.5 Å². The summed E-state index contributed by atoms with van der Waals surface area (Å²) < 4.78 is 140. The lowest BCUT2D eigenvalue weighted by atomic mass is 10.1. The molecule has 0 saturated heterocycles. The number of rotatable bonds is 4. The van der Waals surface area contributed by atoms with Crippen LogP contribution in [0.1, 0.15) is 11.1 Å².